The van der Waals surface area contributed by atoms with Gasteiger partial charge >= 0.3 is 41.9 Å². The number of hydrogen-bond acceptors (Lipinski definition) is 22. The normalized spacial score (nSPS) is 17.2. The van der Waals surface area contributed by atoms with Crippen LogP contribution in [-0.2, 0) is 78.2 Å². The SMILES string of the molecule is COc1ccc2c(c1)C(=O)N(C[C@]1(c3cc4ncccc4o3)C(=O)N(COC(=O)C(C)(C)C)C(=O)N1COC(=O)C(C)(C)C)C2.COc1ccc2c(c1F)C(=O)N(C[C@]1(C#Cc3ccc(-c4nc(-c5cnn(C)c5)ccc4OC(=O)C(C)(C)C)c(F)c3)C(=O)N(COC(=O)C(C)(C)C)C(=O)N1COC(=O)C(C)(C)C)C2. The Morgan fingerprint density at radius 3 is 1.70 bits per heavy atom. The minimum absolute atomic E-state index is 0.00709. The lowest BCUT2D eigenvalue weighted by Gasteiger charge is -2.36. The van der Waals surface area contributed by atoms with E-state index in [0.717, 1.165) is 25.7 Å². The molecule has 8 amide bonds. The van der Waals surface area contributed by atoms with Crippen LogP contribution in [0.1, 0.15) is 147 Å². The summed E-state index contributed by atoms with van der Waals surface area (Å²) in [5.74, 6) is -2.55. The molecule has 2 saturated heterocycles. The molecule has 3 aromatic carbocycles. The van der Waals surface area contributed by atoms with Crippen molar-refractivity contribution in [2.45, 2.75) is 128 Å². The maximum Gasteiger partial charge on any atom is 0.334 e. The Kier molecular flexibility index (Phi) is 22.1. The Balaban J connectivity index is 0.000000250. The molecule has 0 aliphatic carbocycles. The number of carbonyl (C=O) groups is 11. The van der Waals surface area contributed by atoms with Crippen LogP contribution in [-0.4, -0.2) is 174 Å². The van der Waals surface area contributed by atoms with E-state index < -0.39 is 149 Å². The van der Waals surface area contributed by atoms with Gasteiger partial charge in [0.1, 0.15) is 28.5 Å². The molecule has 4 aliphatic heterocycles. The highest BCUT2D eigenvalue weighted by atomic mass is 19.1. The number of aromatic nitrogens is 4. The first-order valence-electron chi connectivity index (χ1n) is 34.8. The summed E-state index contributed by atoms with van der Waals surface area (Å²) in [6, 6.07) is 17.6. The van der Waals surface area contributed by atoms with Crippen molar-refractivity contribution < 1.29 is 99.1 Å². The fourth-order valence-electron chi connectivity index (χ4n) is 11.7. The van der Waals surface area contributed by atoms with Crippen molar-refractivity contribution in [3.05, 3.63) is 143 Å². The predicted molar refractivity (Wildman–Crippen MR) is 387 cm³/mol. The van der Waals surface area contributed by atoms with E-state index in [1.54, 1.807) is 171 Å². The number of ether oxygens (including phenoxy) is 7. The van der Waals surface area contributed by atoms with Crippen LogP contribution in [0, 0.1) is 50.6 Å². The average molecular weight is 1520 g/mol. The number of fused-ring (bicyclic) bond motifs is 3. The number of hydrogen-bond donors (Lipinski definition) is 0. The summed E-state index contributed by atoms with van der Waals surface area (Å²) in [6.45, 7) is 20.0. The molecule has 0 bridgehead atoms. The molecule has 0 N–H and O–H groups in total. The second-order valence-corrected chi connectivity index (χ2v) is 31.8. The summed E-state index contributed by atoms with van der Waals surface area (Å²) < 4.78 is 77.8. The molecule has 580 valence electrons. The first-order chi connectivity index (χ1) is 51.3. The van der Waals surface area contributed by atoms with Gasteiger partial charge in [0.15, 0.2) is 49.8 Å². The molecule has 4 aliphatic rings. The molecule has 4 aromatic heterocycles. The maximum atomic E-state index is 16.5. The Morgan fingerprint density at radius 1 is 0.582 bits per heavy atom. The third-order valence-corrected chi connectivity index (χ3v) is 18.1. The molecule has 2 fully saturated rings. The molecule has 8 heterocycles. The number of imide groups is 2. The zero-order valence-corrected chi connectivity index (χ0v) is 64.4. The maximum absolute atomic E-state index is 16.5. The number of esters is 5. The summed E-state index contributed by atoms with van der Waals surface area (Å²) >= 11 is 0. The number of methoxy groups -OCH3 is 2. The van der Waals surface area contributed by atoms with Crippen molar-refractivity contribution in [1.29, 1.82) is 0 Å². The smallest absolute Gasteiger partial charge is 0.334 e. The van der Waals surface area contributed by atoms with Crippen molar-refractivity contribution >= 4 is 76.6 Å². The van der Waals surface area contributed by atoms with E-state index >= 15 is 8.78 Å². The number of halogens is 2. The van der Waals surface area contributed by atoms with Crippen LogP contribution in [0.25, 0.3) is 33.6 Å². The molecular weight excluding hydrogens is 1430 g/mol. The molecule has 0 spiro atoms. The van der Waals surface area contributed by atoms with Crippen LogP contribution in [0.2, 0.25) is 0 Å². The van der Waals surface area contributed by atoms with Crippen LogP contribution in [0.5, 0.6) is 17.2 Å². The highest BCUT2D eigenvalue weighted by Gasteiger charge is 2.64. The van der Waals surface area contributed by atoms with Gasteiger partial charge in [0, 0.05) is 60.9 Å². The van der Waals surface area contributed by atoms with E-state index in [0.29, 0.717) is 44.1 Å². The van der Waals surface area contributed by atoms with Crippen molar-refractivity contribution in [3.63, 3.8) is 0 Å². The molecule has 2 atom stereocenters. The van der Waals surface area contributed by atoms with E-state index in [1.807, 2.05) is 0 Å². The van der Waals surface area contributed by atoms with Gasteiger partial charge in [-0.2, -0.15) is 5.10 Å². The summed E-state index contributed by atoms with van der Waals surface area (Å²) in [6.07, 6.45) is 4.82. The molecule has 0 unspecified atom stereocenters. The van der Waals surface area contributed by atoms with Crippen LogP contribution < -0.4 is 14.2 Å². The monoisotopic (exact) mass is 1520 g/mol. The molecular formula is C79H86F2N10O19. The third-order valence-electron chi connectivity index (χ3n) is 18.1. The summed E-state index contributed by atoms with van der Waals surface area (Å²) in [4.78, 5) is 165. The summed E-state index contributed by atoms with van der Waals surface area (Å²) in [5, 5.41) is 4.18. The first-order valence-corrected chi connectivity index (χ1v) is 34.8. The largest absolute Gasteiger partial charge is 0.497 e. The fourth-order valence-corrected chi connectivity index (χ4v) is 11.7. The second-order valence-electron chi connectivity index (χ2n) is 31.8. The molecule has 29 nitrogen and oxygen atoms in total. The van der Waals surface area contributed by atoms with Gasteiger partial charge in [-0.05, 0) is 176 Å². The highest BCUT2D eigenvalue weighted by Crippen LogP contribution is 2.44. The Labute approximate surface area is 632 Å². The van der Waals surface area contributed by atoms with Gasteiger partial charge in [-0.25, -0.2) is 33.2 Å². The van der Waals surface area contributed by atoms with Gasteiger partial charge < -0.3 is 47.4 Å². The summed E-state index contributed by atoms with van der Waals surface area (Å²) in [5.41, 5.74) is -6.66. The number of rotatable bonds is 18. The molecule has 11 rings (SSSR count). The molecule has 7 aromatic rings. The minimum atomic E-state index is -2.40. The molecule has 31 heteroatoms. The van der Waals surface area contributed by atoms with Crippen LogP contribution in [0.4, 0.5) is 18.4 Å². The Bertz CT molecular complexity index is 4950. The number of pyridine rings is 2. The summed E-state index contributed by atoms with van der Waals surface area (Å²) in [7, 11) is 4.45. The van der Waals surface area contributed by atoms with Crippen LogP contribution in [0.3, 0.4) is 0 Å². The first kappa shape index (κ1) is 80.4. The van der Waals surface area contributed by atoms with Crippen molar-refractivity contribution in [3.8, 4) is 51.6 Å². The lowest BCUT2D eigenvalue weighted by Crippen LogP contribution is -2.57. The Hall–Kier alpha value is -12.1. The van der Waals surface area contributed by atoms with Gasteiger partial charge in [-0.15, -0.1) is 0 Å². The van der Waals surface area contributed by atoms with Gasteiger partial charge in [0.05, 0.1) is 71.8 Å². The van der Waals surface area contributed by atoms with E-state index in [1.165, 1.54) is 55.5 Å². The lowest BCUT2D eigenvalue weighted by molar-refractivity contribution is -0.161. The van der Waals surface area contributed by atoms with E-state index in [4.69, 9.17) is 37.6 Å². The average Bonchev–Trinajstić information content (AvgIpc) is 1.56. The fraction of sp³-hybridized carbons (Fsp3) is 0.418. The van der Waals surface area contributed by atoms with Crippen molar-refractivity contribution in [2.24, 2.45) is 34.1 Å². The minimum Gasteiger partial charge on any atom is -0.497 e. The number of furan rings is 1. The van der Waals surface area contributed by atoms with Gasteiger partial charge in [0.25, 0.3) is 23.6 Å². The standard InChI is InChI=1S/C47H50F2N6O10.C32H36N4O9/c1-44(2,3)40(58)63-25-54-39(57)47(55(43(54)61)26-64-41(59)45(4,5)6,24-53-23-28-13-16-33(62-11)36(49)35(28)38(53)56)19-18-27-12-14-30(31(48)20-27)37-34(65-42(60)46(7,8)9)17-15-32(51-37)29-21-50-52(10)22-29;1-30(2,3)27(39)43-17-35-26(38)32(24-14-22-23(45-24)9-8-12-33-22,36(29(35)41)18-44-28(40)31(4,5)6)16-34-15-19-10-11-20(42-7)13-21(19)25(34)37/h12-17,20-22H,23-26H2,1-11H3;8-14H,15-18H2,1-7H3/t47-;32-/m10/s1. The van der Waals surface area contributed by atoms with Gasteiger partial charge in [-0.3, -0.25) is 62.6 Å². The van der Waals surface area contributed by atoms with Gasteiger partial charge in [-0.1, -0.05) is 24.0 Å². The molecule has 0 radical (unpaired) electrons. The van der Waals surface area contributed by atoms with E-state index in [2.05, 4.69) is 26.9 Å². The topological polar surface area (TPSA) is 329 Å². The van der Waals surface area contributed by atoms with Gasteiger partial charge in [0.2, 0.25) is 11.1 Å². The zero-order chi connectivity index (χ0) is 80.9. The molecule has 0 saturated carbocycles. The van der Waals surface area contributed by atoms with E-state index in [9.17, 15) is 52.7 Å². The number of urea groups is 2. The number of carbonyl (C=O) groups excluding carboxylic acids is 11. The second kappa shape index (κ2) is 30.2. The van der Waals surface area contributed by atoms with E-state index in [-0.39, 0.29) is 64.8 Å². The number of benzene rings is 3. The zero-order valence-electron chi connectivity index (χ0n) is 64.4. The quantitative estimate of drug-likeness (QED) is 0.0333. The van der Waals surface area contributed by atoms with Crippen LogP contribution in [0.15, 0.2) is 102 Å². The predicted octanol–water partition coefficient (Wildman–Crippen LogP) is 10.5. The van der Waals surface area contributed by atoms with Crippen molar-refractivity contribution in [2.75, 3.05) is 54.2 Å². The highest BCUT2D eigenvalue weighted by molar-refractivity contribution is 6.11. The third kappa shape index (κ3) is 16.1. The van der Waals surface area contributed by atoms with Crippen molar-refractivity contribution in [1.82, 2.24) is 49.1 Å². The molecule has 110 heavy (non-hydrogen) atoms. The van der Waals surface area contributed by atoms with Crippen LogP contribution >= 0.6 is 0 Å². The number of aryl methyl sites for hydroxylation is 1. The number of nitrogens with zero attached hydrogens (tertiary/aromatic N) is 10. The number of amides is 8. The lowest BCUT2D eigenvalue weighted by atomic mass is 9.93. The Morgan fingerprint density at radius 2 is 1.14 bits per heavy atom.